The first-order valence-corrected chi connectivity index (χ1v) is 11.5. The summed E-state index contributed by atoms with van der Waals surface area (Å²) in [7, 11) is 0. The number of rotatable bonds is 7. The van der Waals surface area contributed by atoms with Crippen LogP contribution in [0.25, 0.3) is 0 Å². The van der Waals surface area contributed by atoms with Gasteiger partial charge in [-0.25, -0.2) is 9.78 Å². The zero-order valence-corrected chi connectivity index (χ0v) is 19.1. The average molecular weight is 472 g/mol. The molecule has 0 aliphatic carbocycles. The molecule has 0 fully saturated rings. The van der Waals surface area contributed by atoms with Gasteiger partial charge in [0.25, 0.3) is 5.91 Å². The second kappa shape index (κ2) is 10.4. The standard InChI is InChI=1S/C22H18ClN3O3S2/c1-13(21(27)26-17-6-3-16(10-24)20(23)9-17)29-22(28)15-4-7-19(8-5-15)31-12-18-11-30-14(2)25-18/h3-9,11,13H,12H2,1-2H3,(H,26,27). The maximum absolute atomic E-state index is 12.4. The molecule has 0 aliphatic rings. The predicted molar refractivity (Wildman–Crippen MR) is 123 cm³/mol. The maximum atomic E-state index is 12.4. The van der Waals surface area contributed by atoms with Gasteiger partial charge in [0.1, 0.15) is 6.07 Å². The summed E-state index contributed by atoms with van der Waals surface area (Å²) in [5, 5.41) is 14.8. The summed E-state index contributed by atoms with van der Waals surface area (Å²) in [5.74, 6) is -0.336. The molecule has 0 radical (unpaired) electrons. The van der Waals surface area contributed by atoms with Gasteiger partial charge in [-0.1, -0.05) is 11.6 Å². The molecule has 1 heterocycles. The molecule has 1 amide bonds. The van der Waals surface area contributed by atoms with Crippen LogP contribution in [-0.4, -0.2) is 23.0 Å². The average Bonchev–Trinajstić information content (AvgIpc) is 3.17. The number of anilines is 1. The molecular weight excluding hydrogens is 454 g/mol. The summed E-state index contributed by atoms with van der Waals surface area (Å²) < 4.78 is 5.27. The number of aromatic nitrogens is 1. The van der Waals surface area contributed by atoms with E-state index in [1.54, 1.807) is 41.3 Å². The molecule has 158 valence electrons. The van der Waals surface area contributed by atoms with Crippen LogP contribution in [0.15, 0.2) is 52.7 Å². The lowest BCUT2D eigenvalue weighted by molar-refractivity contribution is -0.123. The number of nitrogens with zero attached hydrogens (tertiary/aromatic N) is 2. The summed E-state index contributed by atoms with van der Waals surface area (Å²) in [6.45, 7) is 3.46. The molecule has 1 aromatic heterocycles. The molecule has 1 atom stereocenters. The van der Waals surface area contributed by atoms with Crippen molar-refractivity contribution in [1.82, 2.24) is 4.98 Å². The fourth-order valence-corrected chi connectivity index (χ4v) is 4.26. The molecule has 1 unspecified atom stereocenters. The zero-order chi connectivity index (χ0) is 22.4. The van der Waals surface area contributed by atoms with E-state index in [1.165, 1.54) is 19.1 Å². The largest absolute Gasteiger partial charge is 0.449 e. The molecule has 31 heavy (non-hydrogen) atoms. The summed E-state index contributed by atoms with van der Waals surface area (Å²) in [6.07, 6.45) is -1.01. The van der Waals surface area contributed by atoms with Crippen molar-refractivity contribution in [3.05, 3.63) is 74.7 Å². The molecule has 3 rings (SSSR count). The van der Waals surface area contributed by atoms with Gasteiger partial charge in [-0.15, -0.1) is 23.1 Å². The third kappa shape index (κ3) is 6.31. The number of esters is 1. The van der Waals surface area contributed by atoms with E-state index in [9.17, 15) is 9.59 Å². The lowest BCUT2D eigenvalue weighted by Gasteiger charge is -2.14. The van der Waals surface area contributed by atoms with Gasteiger partial charge in [-0.3, -0.25) is 4.79 Å². The van der Waals surface area contributed by atoms with Gasteiger partial charge in [0, 0.05) is 21.7 Å². The Morgan fingerprint density at radius 3 is 2.65 bits per heavy atom. The van der Waals surface area contributed by atoms with E-state index in [-0.39, 0.29) is 5.02 Å². The lowest BCUT2D eigenvalue weighted by Crippen LogP contribution is -2.30. The van der Waals surface area contributed by atoms with Crippen molar-refractivity contribution in [1.29, 1.82) is 5.26 Å². The number of aryl methyl sites for hydroxylation is 1. The number of ether oxygens (including phenoxy) is 1. The molecule has 0 saturated carbocycles. The van der Waals surface area contributed by atoms with Crippen LogP contribution in [0.3, 0.4) is 0 Å². The number of nitriles is 1. The van der Waals surface area contributed by atoms with E-state index in [0.717, 1.165) is 21.3 Å². The second-order valence-corrected chi connectivity index (χ2v) is 9.03. The molecule has 9 heteroatoms. The Bertz CT molecular complexity index is 1140. The molecule has 3 aromatic rings. The minimum Gasteiger partial charge on any atom is -0.449 e. The SMILES string of the molecule is Cc1nc(CSc2ccc(C(=O)OC(C)C(=O)Nc3ccc(C#N)c(Cl)c3)cc2)cs1. The third-order valence-electron chi connectivity index (χ3n) is 4.15. The van der Waals surface area contributed by atoms with E-state index >= 15 is 0 Å². The predicted octanol–water partition coefficient (Wildman–Crippen LogP) is 5.45. The first-order valence-electron chi connectivity index (χ1n) is 9.21. The number of carbonyl (C=O) groups excluding carboxylic acids is 2. The highest BCUT2D eigenvalue weighted by Crippen LogP contribution is 2.24. The number of halogens is 1. The second-order valence-electron chi connectivity index (χ2n) is 6.51. The lowest BCUT2D eigenvalue weighted by atomic mass is 10.2. The van der Waals surface area contributed by atoms with E-state index in [2.05, 4.69) is 10.3 Å². The van der Waals surface area contributed by atoms with Crippen molar-refractivity contribution in [2.45, 2.75) is 30.6 Å². The molecule has 0 saturated heterocycles. The van der Waals surface area contributed by atoms with Crippen LogP contribution in [0.4, 0.5) is 5.69 Å². The number of carbonyl (C=O) groups is 2. The Kier molecular flexibility index (Phi) is 7.69. The molecule has 6 nitrogen and oxygen atoms in total. The van der Waals surface area contributed by atoms with Gasteiger partial charge in [-0.05, 0) is 56.3 Å². The van der Waals surface area contributed by atoms with E-state index in [4.69, 9.17) is 21.6 Å². The number of benzene rings is 2. The van der Waals surface area contributed by atoms with Crippen LogP contribution < -0.4 is 5.32 Å². The van der Waals surface area contributed by atoms with Crippen molar-refractivity contribution in [3.63, 3.8) is 0 Å². The van der Waals surface area contributed by atoms with Gasteiger partial charge in [0.15, 0.2) is 6.10 Å². The molecule has 2 aromatic carbocycles. The minimum atomic E-state index is -1.01. The number of hydrogen-bond donors (Lipinski definition) is 1. The minimum absolute atomic E-state index is 0.229. The van der Waals surface area contributed by atoms with Crippen LogP contribution in [0.5, 0.6) is 0 Å². The molecule has 0 bridgehead atoms. The monoisotopic (exact) mass is 471 g/mol. The summed E-state index contributed by atoms with van der Waals surface area (Å²) in [6, 6.07) is 13.5. The van der Waals surface area contributed by atoms with Crippen molar-refractivity contribution < 1.29 is 14.3 Å². The number of nitrogens with one attached hydrogen (secondary N) is 1. The number of hydrogen-bond acceptors (Lipinski definition) is 7. The first-order chi connectivity index (χ1) is 14.9. The van der Waals surface area contributed by atoms with E-state index < -0.39 is 18.0 Å². The van der Waals surface area contributed by atoms with Gasteiger partial charge in [0.05, 0.1) is 26.9 Å². The highest BCUT2D eigenvalue weighted by atomic mass is 35.5. The van der Waals surface area contributed by atoms with Crippen molar-refractivity contribution in [2.75, 3.05) is 5.32 Å². The van der Waals surface area contributed by atoms with Crippen molar-refractivity contribution in [3.8, 4) is 6.07 Å². The fourth-order valence-electron chi connectivity index (χ4n) is 2.53. The summed E-state index contributed by atoms with van der Waals surface area (Å²) in [4.78, 5) is 30.1. The molecule has 0 aliphatic heterocycles. The summed E-state index contributed by atoms with van der Waals surface area (Å²) >= 11 is 9.21. The van der Waals surface area contributed by atoms with Crippen LogP contribution in [0.1, 0.15) is 33.5 Å². The zero-order valence-electron chi connectivity index (χ0n) is 16.7. The van der Waals surface area contributed by atoms with E-state index in [0.29, 0.717) is 16.8 Å². The number of amides is 1. The quantitative estimate of drug-likeness (QED) is 0.363. The Labute approximate surface area is 193 Å². The van der Waals surface area contributed by atoms with Gasteiger partial charge >= 0.3 is 5.97 Å². The topological polar surface area (TPSA) is 92.1 Å². The molecule has 1 N–H and O–H groups in total. The van der Waals surface area contributed by atoms with Gasteiger partial charge in [-0.2, -0.15) is 5.26 Å². The molecule has 0 spiro atoms. The Morgan fingerprint density at radius 1 is 1.29 bits per heavy atom. The van der Waals surface area contributed by atoms with Crippen LogP contribution in [-0.2, 0) is 15.3 Å². The summed E-state index contributed by atoms with van der Waals surface area (Å²) in [5.41, 5.74) is 2.10. The highest BCUT2D eigenvalue weighted by Gasteiger charge is 2.19. The Hall–Kier alpha value is -2.86. The Balaban J connectivity index is 1.53. The smallest absolute Gasteiger partial charge is 0.338 e. The normalized spacial score (nSPS) is 11.4. The maximum Gasteiger partial charge on any atom is 0.338 e. The van der Waals surface area contributed by atoms with Crippen LogP contribution in [0, 0.1) is 18.3 Å². The van der Waals surface area contributed by atoms with E-state index in [1.807, 2.05) is 30.5 Å². The van der Waals surface area contributed by atoms with Crippen LogP contribution >= 0.6 is 34.7 Å². The first kappa shape index (κ1) is 22.8. The van der Waals surface area contributed by atoms with Crippen LogP contribution in [0.2, 0.25) is 5.02 Å². The Morgan fingerprint density at radius 2 is 2.03 bits per heavy atom. The molecular formula is C22H18ClN3O3S2. The van der Waals surface area contributed by atoms with Crippen molar-refractivity contribution >= 4 is 52.3 Å². The number of thioether (sulfide) groups is 1. The van der Waals surface area contributed by atoms with Gasteiger partial charge < -0.3 is 10.1 Å². The number of thiazole rings is 1. The van der Waals surface area contributed by atoms with Crippen molar-refractivity contribution in [2.24, 2.45) is 0 Å². The van der Waals surface area contributed by atoms with Gasteiger partial charge in [0.2, 0.25) is 0 Å². The fraction of sp³-hybridized carbons (Fsp3) is 0.182. The third-order valence-corrected chi connectivity index (χ3v) is 6.33. The highest BCUT2D eigenvalue weighted by molar-refractivity contribution is 7.98.